The van der Waals surface area contributed by atoms with E-state index in [1.165, 1.54) is 12.1 Å². The van der Waals surface area contributed by atoms with Crippen LogP contribution in [-0.2, 0) is 24.3 Å². The van der Waals surface area contributed by atoms with Crippen LogP contribution < -0.4 is 5.32 Å². The molecule has 0 radical (unpaired) electrons. The van der Waals surface area contributed by atoms with E-state index in [0.717, 1.165) is 63.0 Å². The summed E-state index contributed by atoms with van der Waals surface area (Å²) in [5.41, 5.74) is 1.99. The average Bonchev–Trinajstić information content (AvgIpc) is 3.19. The molecule has 3 aliphatic heterocycles. The quantitative estimate of drug-likeness (QED) is 0.741. The number of amides is 1. The Labute approximate surface area is 171 Å². The number of nitrogens with zero attached hydrogens (tertiary/aromatic N) is 4. The number of aryl methyl sites for hydroxylation is 1. The Morgan fingerprint density at radius 2 is 2.14 bits per heavy atom. The van der Waals surface area contributed by atoms with Crippen molar-refractivity contribution in [1.29, 1.82) is 0 Å². The van der Waals surface area contributed by atoms with Gasteiger partial charge in [-0.2, -0.15) is 0 Å². The summed E-state index contributed by atoms with van der Waals surface area (Å²) in [6, 6.07) is 6.72. The third-order valence-electron chi connectivity index (χ3n) is 6.37. The molecule has 2 aromatic rings. The molecule has 2 bridgehead atoms. The Morgan fingerprint density at radius 3 is 2.86 bits per heavy atom. The van der Waals surface area contributed by atoms with Crippen molar-refractivity contribution in [2.24, 2.45) is 11.8 Å². The summed E-state index contributed by atoms with van der Waals surface area (Å²) in [5, 5.41) is 11.6. The minimum absolute atomic E-state index is 0.0382. The molecule has 1 unspecified atom stereocenters. The summed E-state index contributed by atoms with van der Waals surface area (Å²) >= 11 is 0. The van der Waals surface area contributed by atoms with Gasteiger partial charge in [-0.05, 0) is 55.8 Å². The van der Waals surface area contributed by atoms with Crippen molar-refractivity contribution in [2.45, 2.75) is 58.2 Å². The van der Waals surface area contributed by atoms with Gasteiger partial charge in [-0.15, -0.1) is 5.10 Å². The number of aromatic nitrogens is 3. The van der Waals surface area contributed by atoms with Gasteiger partial charge in [0.05, 0.1) is 18.2 Å². The molecule has 7 heteroatoms. The number of piperidine rings is 3. The molecule has 1 aromatic heterocycles. The van der Waals surface area contributed by atoms with E-state index in [4.69, 9.17) is 0 Å². The van der Waals surface area contributed by atoms with Crippen LogP contribution in [-0.4, -0.2) is 44.9 Å². The van der Waals surface area contributed by atoms with Crippen molar-refractivity contribution < 1.29 is 9.18 Å². The highest BCUT2D eigenvalue weighted by Crippen LogP contribution is 2.37. The van der Waals surface area contributed by atoms with Crippen molar-refractivity contribution in [3.8, 4) is 0 Å². The minimum atomic E-state index is -0.256. The van der Waals surface area contributed by atoms with E-state index in [-0.39, 0.29) is 17.6 Å². The fourth-order valence-corrected chi connectivity index (χ4v) is 4.66. The maximum atomic E-state index is 13.0. The van der Waals surface area contributed by atoms with Crippen molar-refractivity contribution in [3.63, 3.8) is 0 Å². The van der Waals surface area contributed by atoms with Gasteiger partial charge in [0.25, 0.3) is 0 Å². The summed E-state index contributed by atoms with van der Waals surface area (Å²) in [5.74, 6) is 0.316. The summed E-state index contributed by atoms with van der Waals surface area (Å²) in [6.45, 7) is 5.34. The molecular formula is C22H30FN5O. The maximum absolute atomic E-state index is 13.0. The number of fused-ring (bicyclic) bond motifs is 3. The number of carbonyl (C=O) groups is 1. The predicted octanol–water partition coefficient (Wildman–Crippen LogP) is 2.79. The lowest BCUT2D eigenvalue weighted by atomic mass is 9.75. The smallest absolute Gasteiger partial charge is 0.224 e. The Hall–Kier alpha value is -2.28. The first-order valence-electron chi connectivity index (χ1n) is 10.8. The first kappa shape index (κ1) is 20.0. The molecule has 4 heterocycles. The third-order valence-corrected chi connectivity index (χ3v) is 6.37. The van der Waals surface area contributed by atoms with Gasteiger partial charge in [0.1, 0.15) is 5.82 Å². The van der Waals surface area contributed by atoms with Crippen LogP contribution in [0.2, 0.25) is 0 Å². The lowest BCUT2D eigenvalue weighted by Crippen LogP contribution is -2.58. The topological polar surface area (TPSA) is 63.1 Å². The van der Waals surface area contributed by atoms with Gasteiger partial charge >= 0.3 is 0 Å². The third kappa shape index (κ3) is 4.83. The summed E-state index contributed by atoms with van der Waals surface area (Å²) in [4.78, 5) is 15.2. The van der Waals surface area contributed by atoms with Gasteiger partial charge in [-0.3, -0.25) is 14.4 Å². The molecule has 5 rings (SSSR count). The molecule has 0 saturated carbocycles. The van der Waals surface area contributed by atoms with Gasteiger partial charge < -0.3 is 5.32 Å². The van der Waals surface area contributed by atoms with E-state index < -0.39 is 0 Å². The SMILES string of the molecule is CCCCc1cn(C[C@H]2C[C@@H]3CCN2C[C@@H]3C(=O)NCc2ccc(F)cc2)nn1. The fourth-order valence-electron chi connectivity index (χ4n) is 4.66. The molecular weight excluding hydrogens is 369 g/mol. The van der Waals surface area contributed by atoms with Crippen LogP contribution in [0.3, 0.4) is 0 Å². The highest BCUT2D eigenvalue weighted by molar-refractivity contribution is 5.79. The average molecular weight is 400 g/mol. The zero-order chi connectivity index (χ0) is 20.2. The zero-order valence-corrected chi connectivity index (χ0v) is 17.1. The van der Waals surface area contributed by atoms with E-state index in [9.17, 15) is 9.18 Å². The molecule has 1 N–H and O–H groups in total. The summed E-state index contributed by atoms with van der Waals surface area (Å²) in [7, 11) is 0. The second kappa shape index (κ2) is 9.03. The van der Waals surface area contributed by atoms with Crippen LogP contribution in [0, 0.1) is 17.7 Å². The van der Waals surface area contributed by atoms with E-state index in [1.807, 2.05) is 4.68 Å². The Bertz CT molecular complexity index is 821. The predicted molar refractivity (Wildman–Crippen MR) is 108 cm³/mol. The van der Waals surface area contributed by atoms with Crippen LogP contribution >= 0.6 is 0 Å². The maximum Gasteiger partial charge on any atom is 0.224 e. The van der Waals surface area contributed by atoms with Crippen molar-refractivity contribution >= 4 is 5.91 Å². The number of carbonyl (C=O) groups excluding carboxylic acids is 1. The fraction of sp³-hybridized carbons (Fsp3) is 0.591. The second-order valence-electron chi connectivity index (χ2n) is 8.42. The van der Waals surface area contributed by atoms with Crippen molar-refractivity contribution in [2.75, 3.05) is 13.1 Å². The van der Waals surface area contributed by atoms with E-state index in [2.05, 4.69) is 33.6 Å². The second-order valence-corrected chi connectivity index (χ2v) is 8.42. The summed E-state index contributed by atoms with van der Waals surface area (Å²) < 4.78 is 15.0. The lowest BCUT2D eigenvalue weighted by molar-refractivity contribution is -0.133. The number of benzene rings is 1. The molecule has 0 aliphatic carbocycles. The number of hydrogen-bond donors (Lipinski definition) is 1. The van der Waals surface area contributed by atoms with Gasteiger partial charge in [-0.1, -0.05) is 30.7 Å². The Morgan fingerprint density at radius 1 is 1.31 bits per heavy atom. The molecule has 3 saturated heterocycles. The minimum Gasteiger partial charge on any atom is -0.352 e. The Kier molecular flexibility index (Phi) is 6.23. The molecule has 3 fully saturated rings. The van der Waals surface area contributed by atoms with Crippen LogP contribution in [0.1, 0.15) is 43.9 Å². The van der Waals surface area contributed by atoms with E-state index in [1.54, 1.807) is 12.1 Å². The lowest BCUT2D eigenvalue weighted by Gasteiger charge is -2.49. The Balaban J connectivity index is 1.29. The van der Waals surface area contributed by atoms with Crippen molar-refractivity contribution in [1.82, 2.24) is 25.2 Å². The van der Waals surface area contributed by atoms with Crippen LogP contribution in [0.5, 0.6) is 0 Å². The number of halogens is 1. The molecule has 1 aromatic carbocycles. The number of hydrogen-bond acceptors (Lipinski definition) is 4. The van der Waals surface area contributed by atoms with Crippen LogP contribution in [0.25, 0.3) is 0 Å². The standard InChI is InChI=1S/C22H30FN5O/c1-2-3-4-19-13-28(26-25-19)14-20-11-17-9-10-27(20)15-21(17)22(29)24-12-16-5-7-18(23)8-6-16/h5-8,13,17,20-21H,2-4,9-12,14-15H2,1H3,(H,24,29)/t17-,20+,21-/m0/s1. The van der Waals surface area contributed by atoms with Crippen LogP contribution in [0.4, 0.5) is 4.39 Å². The molecule has 29 heavy (non-hydrogen) atoms. The molecule has 6 nitrogen and oxygen atoms in total. The molecule has 4 atom stereocenters. The molecule has 156 valence electrons. The van der Waals surface area contributed by atoms with E-state index in [0.29, 0.717) is 18.5 Å². The summed E-state index contributed by atoms with van der Waals surface area (Å²) in [6.07, 6.45) is 7.47. The van der Waals surface area contributed by atoms with Crippen molar-refractivity contribution in [3.05, 3.63) is 47.5 Å². The number of nitrogens with one attached hydrogen (secondary N) is 1. The zero-order valence-electron chi connectivity index (χ0n) is 17.1. The van der Waals surface area contributed by atoms with Gasteiger partial charge in [0.15, 0.2) is 0 Å². The highest BCUT2D eigenvalue weighted by atomic mass is 19.1. The molecule has 1 amide bonds. The van der Waals surface area contributed by atoms with Gasteiger partial charge in [-0.25, -0.2) is 4.39 Å². The first-order valence-corrected chi connectivity index (χ1v) is 10.8. The largest absolute Gasteiger partial charge is 0.352 e. The number of rotatable bonds is 8. The van der Waals surface area contributed by atoms with Gasteiger partial charge in [0, 0.05) is 25.3 Å². The normalized spacial score (nSPS) is 25.9. The molecule has 0 spiro atoms. The first-order chi connectivity index (χ1) is 14.1. The molecule has 3 aliphatic rings. The van der Waals surface area contributed by atoms with Crippen LogP contribution in [0.15, 0.2) is 30.5 Å². The van der Waals surface area contributed by atoms with Gasteiger partial charge in [0.2, 0.25) is 5.91 Å². The van der Waals surface area contributed by atoms with E-state index >= 15 is 0 Å². The monoisotopic (exact) mass is 399 g/mol. The number of unbranched alkanes of at least 4 members (excludes halogenated alkanes) is 1. The highest BCUT2D eigenvalue weighted by Gasteiger charge is 2.43.